The van der Waals surface area contributed by atoms with Crippen LogP contribution in [0.3, 0.4) is 0 Å². The Bertz CT molecular complexity index is 818. The van der Waals surface area contributed by atoms with E-state index in [2.05, 4.69) is 9.88 Å². The molecule has 1 aliphatic heterocycles. The number of carbonyl (C=O) groups excluding carboxylic acids is 2. The molecule has 150 valence electrons. The standard InChI is InChI=1S/C21H27ClN4O2/c1-3-11-23-21(28)24(4-2)15-19(27)26-14-13-25-12-5-6-18(25)20(26)16-7-9-17(22)10-8-16/h5-10,12,20H,3-4,11,13-15H2,1-2H3,(H,23,28)/t20-/m1/s1. The molecule has 1 aliphatic rings. The fraction of sp³-hybridized carbons (Fsp3) is 0.429. The summed E-state index contributed by atoms with van der Waals surface area (Å²) in [6, 6.07) is 11.3. The molecule has 1 N–H and O–H groups in total. The van der Waals surface area contributed by atoms with Gasteiger partial charge in [-0.15, -0.1) is 0 Å². The third-order valence-corrected chi connectivity index (χ3v) is 5.32. The monoisotopic (exact) mass is 402 g/mol. The van der Waals surface area contributed by atoms with Gasteiger partial charge in [-0.2, -0.15) is 0 Å². The number of hydrogen-bond acceptors (Lipinski definition) is 2. The number of nitrogens with one attached hydrogen (secondary N) is 1. The van der Waals surface area contributed by atoms with Gasteiger partial charge < -0.3 is 19.7 Å². The van der Waals surface area contributed by atoms with Gasteiger partial charge in [-0.1, -0.05) is 30.7 Å². The largest absolute Gasteiger partial charge is 0.348 e. The molecular formula is C21H27ClN4O2. The highest BCUT2D eigenvalue weighted by atomic mass is 35.5. The SMILES string of the molecule is CCCNC(=O)N(CC)CC(=O)N1CCn2cccc2[C@H]1c1ccc(Cl)cc1. The van der Waals surface area contributed by atoms with Crippen LogP contribution in [0.4, 0.5) is 4.79 Å². The van der Waals surface area contributed by atoms with Gasteiger partial charge in [-0.05, 0) is 43.2 Å². The van der Waals surface area contributed by atoms with Gasteiger partial charge in [0.15, 0.2) is 0 Å². The van der Waals surface area contributed by atoms with Crippen LogP contribution in [0.1, 0.15) is 37.6 Å². The van der Waals surface area contributed by atoms with E-state index < -0.39 is 0 Å². The Morgan fingerprint density at radius 3 is 2.61 bits per heavy atom. The minimum atomic E-state index is -0.193. The molecule has 28 heavy (non-hydrogen) atoms. The van der Waals surface area contributed by atoms with Crippen molar-refractivity contribution in [1.82, 2.24) is 19.7 Å². The van der Waals surface area contributed by atoms with Crippen molar-refractivity contribution in [2.75, 3.05) is 26.2 Å². The van der Waals surface area contributed by atoms with Crippen molar-refractivity contribution in [1.29, 1.82) is 0 Å². The molecule has 0 aliphatic carbocycles. The number of benzene rings is 1. The van der Waals surface area contributed by atoms with E-state index in [9.17, 15) is 9.59 Å². The van der Waals surface area contributed by atoms with E-state index in [4.69, 9.17) is 11.6 Å². The van der Waals surface area contributed by atoms with E-state index in [1.807, 2.05) is 61.3 Å². The third kappa shape index (κ3) is 4.33. The predicted molar refractivity (Wildman–Crippen MR) is 110 cm³/mol. The number of likely N-dealkylation sites (N-methyl/N-ethyl adjacent to an activating group) is 1. The first kappa shape index (κ1) is 20.3. The quantitative estimate of drug-likeness (QED) is 0.803. The van der Waals surface area contributed by atoms with Gasteiger partial charge in [-0.3, -0.25) is 4.79 Å². The molecule has 0 bridgehead atoms. The third-order valence-electron chi connectivity index (χ3n) is 5.07. The first-order valence-electron chi connectivity index (χ1n) is 9.77. The lowest BCUT2D eigenvalue weighted by atomic mass is 10.00. The minimum absolute atomic E-state index is 0.0547. The molecule has 6 nitrogen and oxygen atoms in total. The van der Waals surface area contributed by atoms with Crippen molar-refractivity contribution >= 4 is 23.5 Å². The van der Waals surface area contributed by atoms with Crippen LogP contribution in [0.15, 0.2) is 42.6 Å². The molecule has 2 aromatic rings. The number of halogens is 1. The van der Waals surface area contributed by atoms with Gasteiger partial charge in [0.05, 0.1) is 6.04 Å². The van der Waals surface area contributed by atoms with Gasteiger partial charge in [0, 0.05) is 43.1 Å². The van der Waals surface area contributed by atoms with Gasteiger partial charge in [0.2, 0.25) is 5.91 Å². The molecule has 1 aromatic carbocycles. The van der Waals surface area contributed by atoms with Crippen molar-refractivity contribution in [3.8, 4) is 0 Å². The maximum absolute atomic E-state index is 13.2. The molecular weight excluding hydrogens is 376 g/mol. The summed E-state index contributed by atoms with van der Waals surface area (Å²) in [7, 11) is 0. The van der Waals surface area contributed by atoms with Gasteiger partial charge in [0.25, 0.3) is 0 Å². The summed E-state index contributed by atoms with van der Waals surface area (Å²) >= 11 is 6.06. The number of nitrogens with zero attached hydrogens (tertiary/aromatic N) is 3. The maximum atomic E-state index is 13.2. The van der Waals surface area contributed by atoms with Crippen LogP contribution < -0.4 is 5.32 Å². The van der Waals surface area contributed by atoms with E-state index in [1.54, 1.807) is 4.90 Å². The topological polar surface area (TPSA) is 57.6 Å². The van der Waals surface area contributed by atoms with Crippen LogP contribution in [0.5, 0.6) is 0 Å². The van der Waals surface area contributed by atoms with Crippen molar-refractivity contribution in [3.63, 3.8) is 0 Å². The molecule has 0 fully saturated rings. The van der Waals surface area contributed by atoms with Gasteiger partial charge in [0.1, 0.15) is 6.54 Å². The maximum Gasteiger partial charge on any atom is 0.317 e. The molecule has 1 aromatic heterocycles. The minimum Gasteiger partial charge on any atom is -0.348 e. The number of carbonyl (C=O) groups is 2. The normalized spacial score (nSPS) is 15.8. The average molecular weight is 403 g/mol. The summed E-state index contributed by atoms with van der Waals surface area (Å²) in [5, 5.41) is 3.51. The van der Waals surface area contributed by atoms with E-state index in [-0.39, 0.29) is 24.5 Å². The first-order chi connectivity index (χ1) is 13.5. The average Bonchev–Trinajstić information content (AvgIpc) is 3.18. The number of fused-ring (bicyclic) bond motifs is 1. The highest BCUT2D eigenvalue weighted by molar-refractivity contribution is 6.30. The van der Waals surface area contributed by atoms with Crippen LogP contribution in [0.2, 0.25) is 5.02 Å². The van der Waals surface area contributed by atoms with Crippen molar-refractivity contribution in [3.05, 3.63) is 58.9 Å². The molecule has 0 radical (unpaired) electrons. The Morgan fingerprint density at radius 2 is 1.93 bits per heavy atom. The molecule has 0 unspecified atom stereocenters. The highest BCUT2D eigenvalue weighted by Crippen LogP contribution is 2.33. The number of aromatic nitrogens is 1. The predicted octanol–water partition coefficient (Wildman–Crippen LogP) is 3.51. The number of rotatable bonds is 6. The second kappa shape index (κ2) is 9.15. The van der Waals surface area contributed by atoms with E-state index in [1.165, 1.54) is 0 Å². The Balaban J connectivity index is 1.83. The number of amides is 3. The molecule has 2 heterocycles. The van der Waals surface area contributed by atoms with Crippen LogP contribution in [-0.4, -0.2) is 52.5 Å². The van der Waals surface area contributed by atoms with E-state index in [0.29, 0.717) is 24.7 Å². The Kier molecular flexibility index (Phi) is 6.62. The summed E-state index contributed by atoms with van der Waals surface area (Å²) in [5.41, 5.74) is 2.08. The zero-order valence-electron chi connectivity index (χ0n) is 16.4. The highest BCUT2D eigenvalue weighted by Gasteiger charge is 2.33. The molecule has 3 amide bonds. The van der Waals surface area contributed by atoms with Gasteiger partial charge in [-0.25, -0.2) is 4.79 Å². The summed E-state index contributed by atoms with van der Waals surface area (Å²) in [6.45, 7) is 6.38. The second-order valence-electron chi connectivity index (χ2n) is 6.91. The van der Waals surface area contributed by atoms with Crippen LogP contribution >= 0.6 is 11.6 Å². The lowest BCUT2D eigenvalue weighted by Gasteiger charge is -2.38. The molecule has 0 saturated heterocycles. The first-order valence-corrected chi connectivity index (χ1v) is 10.2. The Morgan fingerprint density at radius 1 is 1.18 bits per heavy atom. The van der Waals surface area contributed by atoms with E-state index >= 15 is 0 Å². The lowest BCUT2D eigenvalue weighted by molar-refractivity contribution is -0.134. The van der Waals surface area contributed by atoms with Crippen LogP contribution in [0.25, 0.3) is 0 Å². The molecule has 3 rings (SSSR count). The zero-order chi connectivity index (χ0) is 20.1. The van der Waals surface area contributed by atoms with Crippen molar-refractivity contribution in [2.45, 2.75) is 32.9 Å². The van der Waals surface area contributed by atoms with Crippen molar-refractivity contribution < 1.29 is 9.59 Å². The molecule has 0 spiro atoms. The lowest BCUT2D eigenvalue weighted by Crippen LogP contribution is -2.49. The Labute approximate surface area is 171 Å². The van der Waals surface area contributed by atoms with Crippen molar-refractivity contribution in [2.24, 2.45) is 0 Å². The Hall–Kier alpha value is -2.47. The van der Waals surface area contributed by atoms with Crippen LogP contribution in [0, 0.1) is 0 Å². The number of hydrogen-bond donors (Lipinski definition) is 1. The molecule has 7 heteroatoms. The fourth-order valence-electron chi connectivity index (χ4n) is 3.57. The van der Waals surface area contributed by atoms with Gasteiger partial charge >= 0.3 is 6.03 Å². The molecule has 1 atom stereocenters. The second-order valence-corrected chi connectivity index (χ2v) is 7.35. The molecule has 0 saturated carbocycles. The summed E-state index contributed by atoms with van der Waals surface area (Å²) in [6.07, 6.45) is 2.90. The zero-order valence-corrected chi connectivity index (χ0v) is 17.2. The van der Waals surface area contributed by atoms with E-state index in [0.717, 1.165) is 24.2 Å². The summed E-state index contributed by atoms with van der Waals surface area (Å²) in [5.74, 6) is -0.0547. The summed E-state index contributed by atoms with van der Waals surface area (Å²) in [4.78, 5) is 28.9. The van der Waals surface area contributed by atoms with Crippen LogP contribution in [-0.2, 0) is 11.3 Å². The summed E-state index contributed by atoms with van der Waals surface area (Å²) < 4.78 is 2.18. The number of urea groups is 1. The smallest absolute Gasteiger partial charge is 0.317 e. The fourth-order valence-corrected chi connectivity index (χ4v) is 3.70.